The van der Waals surface area contributed by atoms with Crippen LogP contribution in [0, 0.1) is 0 Å². The van der Waals surface area contributed by atoms with Crippen molar-refractivity contribution in [2.75, 3.05) is 20.3 Å². The average Bonchev–Trinajstić information content (AvgIpc) is 2.50. The Morgan fingerprint density at radius 3 is 2.90 bits per heavy atom. The molecule has 6 nitrogen and oxygen atoms in total. The fourth-order valence-electron chi connectivity index (χ4n) is 1.90. The number of aromatic nitrogens is 1. The molecular formula is C14H24N4O2. The van der Waals surface area contributed by atoms with E-state index in [-0.39, 0.29) is 5.91 Å². The number of hydrogen-bond acceptors (Lipinski definition) is 5. The number of nitrogens with zero attached hydrogens (tertiary/aromatic N) is 2. The molecule has 0 aliphatic carbocycles. The molecule has 1 heterocycles. The van der Waals surface area contributed by atoms with E-state index in [1.807, 2.05) is 12.1 Å². The van der Waals surface area contributed by atoms with Gasteiger partial charge in [-0.15, -0.1) is 0 Å². The predicted octanol–water partition coefficient (Wildman–Crippen LogP) is 0.932. The number of nitrogen functional groups attached to an aromatic ring is 1. The SMILES string of the molecule is CCC(C)N(CCOC)Cc1cccc(C(=O)NN)n1. The van der Waals surface area contributed by atoms with Gasteiger partial charge in [0.1, 0.15) is 5.69 Å². The number of carbonyl (C=O) groups is 1. The van der Waals surface area contributed by atoms with E-state index in [2.05, 4.69) is 29.2 Å². The molecule has 0 saturated carbocycles. The Labute approximate surface area is 120 Å². The summed E-state index contributed by atoms with van der Waals surface area (Å²) in [6.07, 6.45) is 1.05. The van der Waals surface area contributed by atoms with Crippen molar-refractivity contribution in [3.8, 4) is 0 Å². The van der Waals surface area contributed by atoms with Gasteiger partial charge in [0, 0.05) is 26.2 Å². The molecule has 112 valence electrons. The van der Waals surface area contributed by atoms with Gasteiger partial charge in [-0.25, -0.2) is 10.8 Å². The second-order valence-corrected chi connectivity index (χ2v) is 4.71. The molecule has 0 bridgehead atoms. The van der Waals surface area contributed by atoms with Gasteiger partial charge in [0.15, 0.2) is 0 Å². The van der Waals surface area contributed by atoms with Gasteiger partial charge in [-0.2, -0.15) is 0 Å². The quantitative estimate of drug-likeness (QED) is 0.421. The fraction of sp³-hybridized carbons (Fsp3) is 0.571. The van der Waals surface area contributed by atoms with E-state index < -0.39 is 0 Å². The largest absolute Gasteiger partial charge is 0.383 e. The first-order valence-corrected chi connectivity index (χ1v) is 6.82. The highest BCUT2D eigenvalue weighted by molar-refractivity contribution is 5.91. The summed E-state index contributed by atoms with van der Waals surface area (Å²) in [6.45, 7) is 6.51. The van der Waals surface area contributed by atoms with Crippen LogP contribution in [0.25, 0.3) is 0 Å². The lowest BCUT2D eigenvalue weighted by molar-refractivity contribution is 0.0947. The Hall–Kier alpha value is -1.50. The third-order valence-corrected chi connectivity index (χ3v) is 3.33. The fourth-order valence-corrected chi connectivity index (χ4v) is 1.90. The smallest absolute Gasteiger partial charge is 0.283 e. The normalized spacial score (nSPS) is 12.4. The summed E-state index contributed by atoms with van der Waals surface area (Å²) < 4.78 is 5.14. The van der Waals surface area contributed by atoms with Crippen molar-refractivity contribution in [2.24, 2.45) is 5.84 Å². The van der Waals surface area contributed by atoms with Crippen LogP contribution in [0.1, 0.15) is 36.5 Å². The van der Waals surface area contributed by atoms with Crippen molar-refractivity contribution >= 4 is 5.91 Å². The number of amides is 1. The number of carbonyl (C=O) groups excluding carboxylic acids is 1. The number of pyridine rings is 1. The highest BCUT2D eigenvalue weighted by Gasteiger charge is 2.14. The average molecular weight is 280 g/mol. The van der Waals surface area contributed by atoms with E-state index in [1.54, 1.807) is 13.2 Å². The Morgan fingerprint density at radius 2 is 2.30 bits per heavy atom. The van der Waals surface area contributed by atoms with E-state index >= 15 is 0 Å². The molecule has 1 amide bonds. The number of hydrogen-bond donors (Lipinski definition) is 2. The van der Waals surface area contributed by atoms with Crippen LogP contribution in [-0.4, -0.2) is 42.1 Å². The number of methoxy groups -OCH3 is 1. The van der Waals surface area contributed by atoms with Gasteiger partial charge in [0.05, 0.1) is 12.3 Å². The molecule has 6 heteroatoms. The van der Waals surface area contributed by atoms with Crippen molar-refractivity contribution in [1.82, 2.24) is 15.3 Å². The first-order chi connectivity index (χ1) is 9.62. The van der Waals surface area contributed by atoms with Crippen LogP contribution in [-0.2, 0) is 11.3 Å². The Bertz CT molecular complexity index is 425. The molecule has 0 aromatic carbocycles. The predicted molar refractivity (Wildman–Crippen MR) is 77.9 cm³/mol. The van der Waals surface area contributed by atoms with Crippen molar-refractivity contribution in [3.63, 3.8) is 0 Å². The number of nitrogens with one attached hydrogen (secondary N) is 1. The first-order valence-electron chi connectivity index (χ1n) is 6.82. The van der Waals surface area contributed by atoms with Gasteiger partial charge >= 0.3 is 0 Å². The zero-order valence-electron chi connectivity index (χ0n) is 12.4. The van der Waals surface area contributed by atoms with Crippen LogP contribution in [0.15, 0.2) is 18.2 Å². The van der Waals surface area contributed by atoms with Crippen molar-refractivity contribution in [3.05, 3.63) is 29.6 Å². The zero-order valence-corrected chi connectivity index (χ0v) is 12.4. The second kappa shape index (κ2) is 8.63. The van der Waals surface area contributed by atoms with E-state index in [4.69, 9.17) is 10.6 Å². The monoisotopic (exact) mass is 280 g/mol. The lowest BCUT2D eigenvalue weighted by atomic mass is 10.2. The summed E-state index contributed by atoms with van der Waals surface area (Å²) in [5.74, 6) is 4.75. The van der Waals surface area contributed by atoms with Crippen LogP contribution in [0.5, 0.6) is 0 Å². The molecule has 0 fully saturated rings. The van der Waals surface area contributed by atoms with Crippen molar-refractivity contribution in [1.29, 1.82) is 0 Å². The zero-order chi connectivity index (χ0) is 15.0. The van der Waals surface area contributed by atoms with Gasteiger partial charge in [-0.1, -0.05) is 13.0 Å². The van der Waals surface area contributed by atoms with Crippen LogP contribution < -0.4 is 11.3 Å². The van der Waals surface area contributed by atoms with Gasteiger partial charge in [0.25, 0.3) is 5.91 Å². The van der Waals surface area contributed by atoms with Crippen LogP contribution in [0.4, 0.5) is 0 Å². The molecule has 20 heavy (non-hydrogen) atoms. The molecule has 0 aliphatic rings. The number of hydrazine groups is 1. The molecule has 1 unspecified atom stereocenters. The summed E-state index contributed by atoms with van der Waals surface area (Å²) in [5.41, 5.74) is 3.28. The summed E-state index contributed by atoms with van der Waals surface area (Å²) in [4.78, 5) is 18.1. The maximum Gasteiger partial charge on any atom is 0.283 e. The molecule has 1 atom stereocenters. The Kier molecular flexibility index (Phi) is 7.14. The second-order valence-electron chi connectivity index (χ2n) is 4.71. The summed E-state index contributed by atoms with van der Waals surface area (Å²) in [7, 11) is 1.69. The molecule has 0 aliphatic heterocycles. The van der Waals surface area contributed by atoms with Crippen LogP contribution in [0.2, 0.25) is 0 Å². The van der Waals surface area contributed by atoms with Crippen LogP contribution in [0.3, 0.4) is 0 Å². The first kappa shape index (κ1) is 16.6. The third kappa shape index (κ3) is 4.88. The molecule has 1 rings (SSSR count). The third-order valence-electron chi connectivity index (χ3n) is 3.33. The molecule has 1 aromatic rings. The maximum atomic E-state index is 11.5. The van der Waals surface area contributed by atoms with E-state index in [9.17, 15) is 4.79 Å². The van der Waals surface area contributed by atoms with Gasteiger partial charge < -0.3 is 4.74 Å². The number of rotatable bonds is 8. The molecular weight excluding hydrogens is 256 g/mol. The van der Waals surface area contributed by atoms with E-state index in [0.29, 0.717) is 24.9 Å². The van der Waals surface area contributed by atoms with Gasteiger partial charge in [-0.05, 0) is 25.5 Å². The minimum Gasteiger partial charge on any atom is -0.383 e. The highest BCUT2D eigenvalue weighted by Crippen LogP contribution is 2.09. The lowest BCUT2D eigenvalue weighted by Gasteiger charge is -2.27. The summed E-state index contributed by atoms with van der Waals surface area (Å²) in [5, 5.41) is 0. The standard InChI is InChI=1S/C14H24N4O2/c1-4-11(2)18(8-9-20-3)10-12-6-5-7-13(16-12)14(19)17-15/h5-7,11H,4,8-10,15H2,1-3H3,(H,17,19). The van der Waals surface area contributed by atoms with Crippen LogP contribution >= 0.6 is 0 Å². The van der Waals surface area contributed by atoms with Crippen molar-refractivity contribution < 1.29 is 9.53 Å². The van der Waals surface area contributed by atoms with E-state index in [0.717, 1.165) is 18.7 Å². The van der Waals surface area contributed by atoms with Crippen molar-refractivity contribution in [2.45, 2.75) is 32.9 Å². The lowest BCUT2D eigenvalue weighted by Crippen LogP contribution is -2.35. The van der Waals surface area contributed by atoms with E-state index in [1.165, 1.54) is 0 Å². The number of ether oxygens (including phenoxy) is 1. The minimum absolute atomic E-state index is 0.334. The molecule has 0 radical (unpaired) electrons. The Balaban J connectivity index is 2.79. The van der Waals surface area contributed by atoms with Gasteiger partial charge in [-0.3, -0.25) is 15.1 Å². The minimum atomic E-state index is -0.376. The molecule has 0 spiro atoms. The molecule has 0 saturated heterocycles. The topological polar surface area (TPSA) is 80.5 Å². The number of nitrogens with two attached hydrogens (primary N) is 1. The maximum absolute atomic E-state index is 11.5. The van der Waals surface area contributed by atoms with Gasteiger partial charge in [0.2, 0.25) is 0 Å². The molecule has 3 N–H and O–H groups in total. The highest BCUT2D eigenvalue weighted by atomic mass is 16.5. The molecule has 1 aromatic heterocycles. The summed E-state index contributed by atoms with van der Waals surface area (Å²) in [6, 6.07) is 5.81. The summed E-state index contributed by atoms with van der Waals surface area (Å²) >= 11 is 0. The Morgan fingerprint density at radius 1 is 1.55 bits per heavy atom.